The first kappa shape index (κ1) is 13.3. The highest BCUT2D eigenvalue weighted by Gasteiger charge is 2.35. The third-order valence-corrected chi connectivity index (χ3v) is 3.73. The molecule has 1 aromatic rings. The molecule has 1 N–H and O–H groups in total. The van der Waals surface area contributed by atoms with Crippen molar-refractivity contribution in [2.24, 2.45) is 0 Å². The number of aromatic nitrogens is 1. The average molecular weight is 292 g/mol. The van der Waals surface area contributed by atoms with Crippen molar-refractivity contribution >= 4 is 17.4 Å². The van der Waals surface area contributed by atoms with E-state index in [1.807, 2.05) is 23.1 Å². The fourth-order valence-electron chi connectivity index (χ4n) is 2.51. The van der Waals surface area contributed by atoms with E-state index in [1.54, 1.807) is 18.3 Å². The molecule has 1 aromatic heterocycles. The fraction of sp³-hybridized carbons (Fsp3) is 0.286. The molecular formula is C14H14ClN3O2. The standard InChI is InChI=1S/C14H14ClN3O2/c15-13-5-4-10(8-16-13)7-14-17-6-2-1-3-11(17)12(19)9-18(14)20/h1-5,8,14,20H,6-7,9H2. The molecule has 0 spiro atoms. The molecule has 3 heterocycles. The minimum absolute atomic E-state index is 0.0157. The number of ketones is 1. The van der Waals surface area contributed by atoms with Gasteiger partial charge in [-0.2, -0.15) is 5.06 Å². The number of carbonyl (C=O) groups excluding carboxylic acids is 1. The summed E-state index contributed by atoms with van der Waals surface area (Å²) in [5.41, 5.74) is 1.62. The predicted octanol–water partition coefficient (Wildman–Crippen LogP) is 1.63. The third-order valence-electron chi connectivity index (χ3n) is 3.50. The second kappa shape index (κ2) is 5.36. The largest absolute Gasteiger partial charge is 0.347 e. The van der Waals surface area contributed by atoms with E-state index < -0.39 is 0 Å². The number of rotatable bonds is 2. The summed E-state index contributed by atoms with van der Waals surface area (Å²) < 4.78 is 0. The second-order valence-corrected chi connectivity index (χ2v) is 5.21. The van der Waals surface area contributed by atoms with Crippen LogP contribution in [-0.2, 0) is 11.2 Å². The Bertz CT molecular complexity index is 583. The van der Waals surface area contributed by atoms with Gasteiger partial charge in [-0.3, -0.25) is 4.79 Å². The van der Waals surface area contributed by atoms with Crippen molar-refractivity contribution in [1.82, 2.24) is 14.9 Å². The first-order valence-electron chi connectivity index (χ1n) is 6.38. The number of hydroxylamine groups is 2. The molecule has 20 heavy (non-hydrogen) atoms. The van der Waals surface area contributed by atoms with Crippen LogP contribution in [-0.4, -0.2) is 45.2 Å². The van der Waals surface area contributed by atoms with E-state index in [0.29, 0.717) is 23.8 Å². The van der Waals surface area contributed by atoms with Gasteiger partial charge in [0.15, 0.2) is 5.78 Å². The van der Waals surface area contributed by atoms with Crippen LogP contribution in [0.15, 0.2) is 42.3 Å². The van der Waals surface area contributed by atoms with Crippen LogP contribution in [0, 0.1) is 0 Å². The van der Waals surface area contributed by atoms with Gasteiger partial charge in [0.2, 0.25) is 0 Å². The molecule has 2 aliphatic heterocycles. The lowest BCUT2D eigenvalue weighted by Gasteiger charge is -2.43. The zero-order chi connectivity index (χ0) is 14.1. The van der Waals surface area contributed by atoms with E-state index in [0.717, 1.165) is 10.6 Å². The molecule has 0 radical (unpaired) electrons. The van der Waals surface area contributed by atoms with E-state index in [1.165, 1.54) is 0 Å². The number of fused-ring (bicyclic) bond motifs is 1. The van der Waals surface area contributed by atoms with E-state index in [2.05, 4.69) is 4.98 Å². The highest BCUT2D eigenvalue weighted by atomic mass is 35.5. The minimum Gasteiger partial charge on any atom is -0.347 e. The quantitative estimate of drug-likeness (QED) is 0.840. The molecular weight excluding hydrogens is 278 g/mol. The number of Topliss-reactive ketones (excluding diaryl/α,β-unsaturated/α-hetero) is 1. The van der Waals surface area contributed by atoms with Gasteiger partial charge in [-0.05, 0) is 17.7 Å². The Kier molecular flexibility index (Phi) is 3.56. The first-order chi connectivity index (χ1) is 9.65. The smallest absolute Gasteiger partial charge is 0.195 e. The Morgan fingerprint density at radius 2 is 2.30 bits per heavy atom. The molecule has 5 nitrogen and oxygen atoms in total. The molecule has 1 saturated heterocycles. The van der Waals surface area contributed by atoms with Gasteiger partial charge in [-0.1, -0.05) is 29.8 Å². The highest BCUT2D eigenvalue weighted by molar-refractivity contribution is 6.29. The maximum Gasteiger partial charge on any atom is 0.195 e. The van der Waals surface area contributed by atoms with Crippen LogP contribution in [0.1, 0.15) is 5.56 Å². The van der Waals surface area contributed by atoms with Gasteiger partial charge in [0.1, 0.15) is 11.3 Å². The zero-order valence-corrected chi connectivity index (χ0v) is 11.5. The van der Waals surface area contributed by atoms with Crippen LogP contribution in [0.4, 0.5) is 0 Å². The maximum atomic E-state index is 11.9. The van der Waals surface area contributed by atoms with Crippen LogP contribution in [0.3, 0.4) is 0 Å². The van der Waals surface area contributed by atoms with Crippen LogP contribution >= 0.6 is 11.6 Å². The van der Waals surface area contributed by atoms with Crippen molar-refractivity contribution in [2.75, 3.05) is 13.1 Å². The van der Waals surface area contributed by atoms with Gasteiger partial charge in [0.25, 0.3) is 0 Å². The lowest BCUT2D eigenvalue weighted by Crippen LogP contribution is -2.56. The zero-order valence-electron chi connectivity index (χ0n) is 10.7. The van der Waals surface area contributed by atoms with Crippen LogP contribution in [0.25, 0.3) is 0 Å². The van der Waals surface area contributed by atoms with Gasteiger partial charge in [0.05, 0.1) is 12.2 Å². The summed E-state index contributed by atoms with van der Waals surface area (Å²) in [5, 5.41) is 11.6. The van der Waals surface area contributed by atoms with Gasteiger partial charge in [0, 0.05) is 19.2 Å². The first-order valence-corrected chi connectivity index (χ1v) is 6.75. The summed E-state index contributed by atoms with van der Waals surface area (Å²) >= 11 is 5.77. The maximum absolute atomic E-state index is 11.9. The van der Waals surface area contributed by atoms with Crippen LogP contribution in [0.2, 0.25) is 5.15 Å². The molecule has 104 valence electrons. The van der Waals surface area contributed by atoms with E-state index in [-0.39, 0.29) is 18.5 Å². The van der Waals surface area contributed by atoms with E-state index in [9.17, 15) is 10.0 Å². The van der Waals surface area contributed by atoms with Crippen molar-refractivity contribution in [3.8, 4) is 0 Å². The Morgan fingerprint density at radius 3 is 3.05 bits per heavy atom. The molecule has 6 heteroatoms. The van der Waals surface area contributed by atoms with E-state index in [4.69, 9.17) is 11.6 Å². The summed E-state index contributed by atoms with van der Waals surface area (Å²) in [4.78, 5) is 17.8. The Balaban J connectivity index is 1.84. The van der Waals surface area contributed by atoms with Crippen LogP contribution < -0.4 is 0 Å². The second-order valence-electron chi connectivity index (χ2n) is 4.83. The number of allylic oxidation sites excluding steroid dienone is 2. The summed E-state index contributed by atoms with van der Waals surface area (Å²) in [5.74, 6) is -0.0673. The SMILES string of the molecule is O=C1CN(O)C(Cc2ccc(Cl)nc2)N2CC=CC=C12. The molecule has 0 bridgehead atoms. The Labute approximate surface area is 121 Å². The van der Waals surface area contributed by atoms with Crippen molar-refractivity contribution < 1.29 is 10.0 Å². The molecule has 1 unspecified atom stereocenters. The third kappa shape index (κ3) is 2.47. The van der Waals surface area contributed by atoms with Crippen molar-refractivity contribution in [3.05, 3.63) is 53.0 Å². The van der Waals surface area contributed by atoms with Gasteiger partial charge in [-0.15, -0.1) is 0 Å². The van der Waals surface area contributed by atoms with Crippen molar-refractivity contribution in [2.45, 2.75) is 12.6 Å². The van der Waals surface area contributed by atoms with Gasteiger partial charge >= 0.3 is 0 Å². The highest BCUT2D eigenvalue weighted by Crippen LogP contribution is 2.24. The predicted molar refractivity (Wildman–Crippen MR) is 74.2 cm³/mol. The molecule has 2 aliphatic rings. The topological polar surface area (TPSA) is 56.7 Å². The molecule has 0 aliphatic carbocycles. The summed E-state index contributed by atoms with van der Waals surface area (Å²) in [7, 11) is 0. The average Bonchev–Trinajstić information content (AvgIpc) is 2.45. The van der Waals surface area contributed by atoms with Gasteiger partial charge < -0.3 is 10.1 Å². The number of halogens is 1. The summed E-state index contributed by atoms with van der Waals surface area (Å²) in [6.07, 6.45) is 7.62. The minimum atomic E-state index is -0.271. The normalized spacial score (nSPS) is 22.7. The number of carbonyl (C=O) groups is 1. The molecule has 0 aromatic carbocycles. The van der Waals surface area contributed by atoms with Crippen LogP contribution in [0.5, 0.6) is 0 Å². The Morgan fingerprint density at radius 1 is 1.45 bits per heavy atom. The van der Waals surface area contributed by atoms with Gasteiger partial charge in [-0.25, -0.2) is 4.98 Å². The molecule has 1 atom stereocenters. The number of hydrogen-bond donors (Lipinski definition) is 1. The lowest BCUT2D eigenvalue weighted by molar-refractivity contribution is -0.182. The van der Waals surface area contributed by atoms with E-state index >= 15 is 0 Å². The monoisotopic (exact) mass is 291 g/mol. The van der Waals surface area contributed by atoms with Crippen molar-refractivity contribution in [3.63, 3.8) is 0 Å². The lowest BCUT2D eigenvalue weighted by atomic mass is 10.0. The summed E-state index contributed by atoms with van der Waals surface area (Å²) in [6.45, 7) is 0.627. The fourth-order valence-corrected chi connectivity index (χ4v) is 2.62. The summed E-state index contributed by atoms with van der Waals surface area (Å²) in [6, 6.07) is 3.60. The molecule has 0 saturated carbocycles. The Hall–Kier alpha value is -1.69. The molecule has 0 amide bonds. The number of nitrogens with zero attached hydrogens (tertiary/aromatic N) is 3. The number of pyridine rings is 1. The number of hydrogen-bond acceptors (Lipinski definition) is 5. The molecule has 3 rings (SSSR count). The van der Waals surface area contributed by atoms with Crippen molar-refractivity contribution in [1.29, 1.82) is 0 Å². The molecule has 1 fully saturated rings.